The summed E-state index contributed by atoms with van der Waals surface area (Å²) in [4.78, 5) is 30.6. The van der Waals surface area contributed by atoms with Crippen LogP contribution in [0.3, 0.4) is 0 Å². The highest BCUT2D eigenvalue weighted by Crippen LogP contribution is 2.42. The zero-order valence-electron chi connectivity index (χ0n) is 10.3. The molecule has 19 heavy (non-hydrogen) atoms. The van der Waals surface area contributed by atoms with Crippen LogP contribution in [-0.4, -0.2) is 23.3 Å². The molecule has 6 heteroatoms. The molecule has 5 nitrogen and oxygen atoms in total. The molecule has 0 aromatic carbocycles. The smallest absolute Gasteiger partial charge is 0.239 e. The minimum atomic E-state index is -0.130. The van der Waals surface area contributed by atoms with Crippen molar-refractivity contribution in [3.8, 4) is 11.8 Å². The third-order valence-corrected chi connectivity index (χ3v) is 4.49. The summed E-state index contributed by atoms with van der Waals surface area (Å²) in [6, 6.07) is 0. The van der Waals surface area contributed by atoms with Gasteiger partial charge in [-0.05, 0) is 12.8 Å². The van der Waals surface area contributed by atoms with Crippen molar-refractivity contribution in [3.63, 3.8) is 0 Å². The molecule has 2 unspecified atom stereocenters. The highest BCUT2D eigenvalue weighted by Gasteiger charge is 2.51. The number of fused-ring (bicyclic) bond motifs is 1. The van der Waals surface area contributed by atoms with Crippen molar-refractivity contribution in [1.82, 2.24) is 4.98 Å². The van der Waals surface area contributed by atoms with Crippen molar-refractivity contribution in [1.29, 1.82) is 0 Å². The van der Waals surface area contributed by atoms with Gasteiger partial charge < -0.3 is 5.73 Å². The van der Waals surface area contributed by atoms with Crippen molar-refractivity contribution in [2.45, 2.75) is 19.3 Å². The second-order valence-electron chi connectivity index (χ2n) is 4.67. The van der Waals surface area contributed by atoms with E-state index in [1.807, 2.05) is 0 Å². The van der Waals surface area contributed by atoms with Gasteiger partial charge in [-0.15, -0.1) is 0 Å². The Morgan fingerprint density at radius 1 is 1.37 bits per heavy atom. The molecule has 0 bridgehead atoms. The molecule has 1 saturated carbocycles. The predicted octanol–water partition coefficient (Wildman–Crippen LogP) is 0.743. The molecule has 2 aliphatic rings. The first kappa shape index (κ1) is 12.3. The quantitative estimate of drug-likeness (QED) is 0.606. The zero-order valence-corrected chi connectivity index (χ0v) is 11.1. The van der Waals surface area contributed by atoms with E-state index in [2.05, 4.69) is 16.8 Å². The van der Waals surface area contributed by atoms with E-state index in [9.17, 15) is 9.59 Å². The Bertz CT molecular complexity index is 577. The SMILES string of the molecule is NCC#Cc1cnc(N2C(=O)C3CCCC3C2=O)s1. The first-order valence-electron chi connectivity index (χ1n) is 6.25. The van der Waals surface area contributed by atoms with Crippen molar-refractivity contribution in [2.75, 3.05) is 11.4 Å². The minimum absolute atomic E-state index is 0.0971. The number of nitrogens with two attached hydrogens (primary N) is 1. The second kappa shape index (κ2) is 4.76. The maximum atomic E-state index is 12.2. The van der Waals surface area contributed by atoms with Crippen LogP contribution < -0.4 is 10.6 Å². The lowest BCUT2D eigenvalue weighted by molar-refractivity contribution is -0.122. The van der Waals surface area contributed by atoms with E-state index in [0.717, 1.165) is 24.1 Å². The van der Waals surface area contributed by atoms with E-state index in [0.29, 0.717) is 5.13 Å². The Balaban J connectivity index is 1.88. The van der Waals surface area contributed by atoms with Crippen LogP contribution in [0.5, 0.6) is 0 Å². The van der Waals surface area contributed by atoms with E-state index in [1.165, 1.54) is 16.2 Å². The van der Waals surface area contributed by atoms with Crippen molar-refractivity contribution < 1.29 is 9.59 Å². The molecule has 1 aromatic rings. The minimum Gasteiger partial charge on any atom is -0.320 e. The summed E-state index contributed by atoms with van der Waals surface area (Å²) < 4.78 is 0. The van der Waals surface area contributed by atoms with E-state index >= 15 is 0 Å². The molecule has 98 valence electrons. The van der Waals surface area contributed by atoms with Gasteiger partial charge in [0.15, 0.2) is 5.13 Å². The molecule has 2 atom stereocenters. The standard InChI is InChI=1S/C13H13N3O2S/c14-6-2-3-8-7-15-13(19-8)16-11(17)9-4-1-5-10(9)12(16)18/h7,9-10H,1,4-6,14H2. The number of hydrogen-bond acceptors (Lipinski definition) is 5. The normalized spacial score (nSPS) is 25.4. The molecule has 1 aromatic heterocycles. The van der Waals surface area contributed by atoms with Crippen LogP contribution in [0.2, 0.25) is 0 Å². The Kier molecular flexibility index (Phi) is 3.09. The van der Waals surface area contributed by atoms with Crippen LogP contribution in [0.15, 0.2) is 6.20 Å². The third kappa shape index (κ3) is 1.95. The fourth-order valence-corrected chi connectivity index (χ4v) is 3.55. The van der Waals surface area contributed by atoms with E-state index in [4.69, 9.17) is 5.73 Å². The van der Waals surface area contributed by atoms with Crippen LogP contribution in [0, 0.1) is 23.7 Å². The number of amides is 2. The van der Waals surface area contributed by atoms with Crippen molar-refractivity contribution in [3.05, 3.63) is 11.1 Å². The van der Waals surface area contributed by atoms with E-state index in [1.54, 1.807) is 6.20 Å². The summed E-state index contributed by atoms with van der Waals surface area (Å²) >= 11 is 1.26. The summed E-state index contributed by atoms with van der Waals surface area (Å²) in [5.41, 5.74) is 5.30. The largest absolute Gasteiger partial charge is 0.320 e. The maximum Gasteiger partial charge on any atom is 0.239 e. The number of hydrogen-bond donors (Lipinski definition) is 1. The summed E-state index contributed by atoms with van der Waals surface area (Å²) in [5.74, 6) is 5.14. The van der Waals surface area contributed by atoms with Gasteiger partial charge >= 0.3 is 0 Å². The number of carbonyl (C=O) groups is 2. The Morgan fingerprint density at radius 3 is 2.68 bits per heavy atom. The number of thiazole rings is 1. The van der Waals surface area contributed by atoms with Crippen molar-refractivity contribution in [2.24, 2.45) is 17.6 Å². The number of imide groups is 1. The lowest BCUT2D eigenvalue weighted by atomic mass is 10.00. The van der Waals surface area contributed by atoms with Crippen LogP contribution >= 0.6 is 11.3 Å². The van der Waals surface area contributed by atoms with Gasteiger partial charge in [0.2, 0.25) is 11.8 Å². The molecule has 1 aliphatic carbocycles. The molecule has 2 amide bonds. The highest BCUT2D eigenvalue weighted by atomic mass is 32.1. The second-order valence-corrected chi connectivity index (χ2v) is 5.68. The number of nitrogens with zero attached hydrogens (tertiary/aromatic N) is 2. The molecule has 1 aliphatic heterocycles. The molecular weight excluding hydrogens is 262 g/mol. The lowest BCUT2D eigenvalue weighted by Crippen LogP contribution is -2.31. The topological polar surface area (TPSA) is 76.3 Å². The third-order valence-electron chi connectivity index (χ3n) is 3.59. The highest BCUT2D eigenvalue weighted by molar-refractivity contribution is 7.16. The molecule has 3 rings (SSSR count). The zero-order chi connectivity index (χ0) is 13.4. The van der Waals surface area contributed by atoms with Gasteiger partial charge in [-0.25, -0.2) is 9.88 Å². The molecule has 1 saturated heterocycles. The fraction of sp³-hybridized carbons (Fsp3) is 0.462. The molecule has 0 spiro atoms. The molecular formula is C13H13N3O2S. The van der Waals surface area contributed by atoms with Crippen LogP contribution in [0.1, 0.15) is 24.1 Å². The van der Waals surface area contributed by atoms with Gasteiger partial charge in [0.05, 0.1) is 29.5 Å². The van der Waals surface area contributed by atoms with Crippen LogP contribution in [-0.2, 0) is 9.59 Å². The molecule has 2 heterocycles. The van der Waals surface area contributed by atoms with E-state index in [-0.39, 0.29) is 30.2 Å². The maximum absolute atomic E-state index is 12.2. The Hall–Kier alpha value is -1.71. The summed E-state index contributed by atoms with van der Waals surface area (Å²) in [6.45, 7) is 0.277. The van der Waals surface area contributed by atoms with Crippen LogP contribution in [0.25, 0.3) is 0 Å². The number of aromatic nitrogens is 1. The van der Waals surface area contributed by atoms with Gasteiger partial charge in [0.25, 0.3) is 0 Å². The number of rotatable bonds is 1. The number of anilines is 1. The first-order valence-corrected chi connectivity index (χ1v) is 7.06. The Morgan fingerprint density at radius 2 is 2.05 bits per heavy atom. The summed E-state index contributed by atoms with van der Waals surface area (Å²) in [7, 11) is 0. The van der Waals surface area contributed by atoms with Gasteiger partial charge in [0, 0.05) is 0 Å². The van der Waals surface area contributed by atoms with Crippen LogP contribution in [0.4, 0.5) is 5.13 Å². The average Bonchev–Trinajstić information content (AvgIpc) is 3.08. The van der Waals surface area contributed by atoms with Gasteiger partial charge in [-0.2, -0.15) is 0 Å². The molecule has 0 radical (unpaired) electrons. The fourth-order valence-electron chi connectivity index (χ4n) is 2.74. The first-order chi connectivity index (χ1) is 9.22. The monoisotopic (exact) mass is 275 g/mol. The van der Waals surface area contributed by atoms with Gasteiger partial charge in [0.1, 0.15) is 0 Å². The van der Waals surface area contributed by atoms with E-state index < -0.39 is 0 Å². The Labute approximate surface area is 114 Å². The summed E-state index contributed by atoms with van der Waals surface area (Å²) in [6.07, 6.45) is 4.18. The van der Waals surface area contributed by atoms with Gasteiger partial charge in [-0.1, -0.05) is 29.6 Å². The average molecular weight is 275 g/mol. The lowest BCUT2D eigenvalue weighted by Gasteiger charge is -2.11. The molecule has 2 N–H and O–H groups in total. The van der Waals surface area contributed by atoms with Crippen molar-refractivity contribution >= 4 is 28.3 Å². The molecule has 2 fully saturated rings. The number of carbonyl (C=O) groups excluding carboxylic acids is 2. The van der Waals surface area contributed by atoms with Gasteiger partial charge in [-0.3, -0.25) is 9.59 Å². The predicted molar refractivity (Wildman–Crippen MR) is 71.4 cm³/mol. The summed E-state index contributed by atoms with van der Waals surface area (Å²) in [5, 5.41) is 0.436.